The second-order valence-electron chi connectivity index (χ2n) is 5.69. The molecule has 0 N–H and O–H groups in total. The predicted molar refractivity (Wildman–Crippen MR) is 88.1 cm³/mol. The molecule has 1 aromatic carbocycles. The average Bonchev–Trinajstić information content (AvgIpc) is 3.12. The van der Waals surface area contributed by atoms with E-state index in [0.29, 0.717) is 35.9 Å². The van der Waals surface area contributed by atoms with E-state index in [1.165, 1.54) is 6.07 Å². The third-order valence-electron chi connectivity index (χ3n) is 3.89. The topological polar surface area (TPSA) is 47.5 Å². The van der Waals surface area contributed by atoms with Crippen LogP contribution in [0.4, 0.5) is 4.39 Å². The summed E-state index contributed by atoms with van der Waals surface area (Å²) < 4.78 is 25.2. The molecule has 0 bridgehead atoms. The van der Waals surface area contributed by atoms with Gasteiger partial charge in [0.2, 0.25) is 0 Å². The Hall–Kier alpha value is -1.60. The number of halogens is 2. The van der Waals surface area contributed by atoms with Crippen molar-refractivity contribution in [1.82, 2.24) is 14.9 Å². The monoisotopic (exact) mass is 351 g/mol. The zero-order chi connectivity index (χ0) is 16.9. The highest BCUT2D eigenvalue weighted by atomic mass is 35.5. The molecule has 0 spiro atoms. The van der Waals surface area contributed by atoms with Crippen LogP contribution in [0.5, 0.6) is 0 Å². The van der Waals surface area contributed by atoms with Crippen molar-refractivity contribution in [2.45, 2.75) is 19.3 Å². The Balaban J connectivity index is 1.68. The van der Waals surface area contributed by atoms with Crippen LogP contribution in [0.15, 0.2) is 30.7 Å². The highest BCUT2D eigenvalue weighted by Crippen LogP contribution is 2.33. The summed E-state index contributed by atoms with van der Waals surface area (Å²) in [6, 6.07) is 3.04. The molecule has 0 atom stereocenters. The minimum absolute atomic E-state index is 0.326. The van der Waals surface area contributed by atoms with Gasteiger partial charge in [0.05, 0.1) is 23.9 Å². The maximum Gasteiger partial charge on any atom is 0.185 e. The number of nitrogens with zero attached hydrogens (tertiary/aromatic N) is 3. The number of hydrogen-bond donors (Lipinski definition) is 0. The molecule has 1 aromatic heterocycles. The Morgan fingerprint density at radius 1 is 1.29 bits per heavy atom. The zero-order valence-corrected chi connectivity index (χ0v) is 14.2. The van der Waals surface area contributed by atoms with E-state index in [0.717, 1.165) is 18.7 Å². The van der Waals surface area contributed by atoms with Crippen molar-refractivity contribution in [2.24, 2.45) is 0 Å². The van der Waals surface area contributed by atoms with Crippen molar-refractivity contribution in [3.63, 3.8) is 0 Å². The smallest absolute Gasteiger partial charge is 0.185 e. The van der Waals surface area contributed by atoms with Gasteiger partial charge in [0.15, 0.2) is 6.29 Å². The van der Waals surface area contributed by atoms with Crippen LogP contribution in [-0.2, 0) is 22.4 Å². The summed E-state index contributed by atoms with van der Waals surface area (Å²) in [5.74, 6) is -0.326. The van der Waals surface area contributed by atoms with Crippen molar-refractivity contribution >= 4 is 11.6 Å². The Morgan fingerprint density at radius 3 is 2.79 bits per heavy atom. The Bertz CT molecular complexity index is 681. The van der Waals surface area contributed by atoms with E-state index in [4.69, 9.17) is 21.1 Å². The van der Waals surface area contributed by atoms with Crippen molar-refractivity contribution in [3.05, 3.63) is 58.4 Å². The summed E-state index contributed by atoms with van der Waals surface area (Å²) >= 11 is 6.41. The molecule has 0 radical (unpaired) electrons. The number of hydrogen-bond acceptors (Lipinski definition) is 5. The summed E-state index contributed by atoms with van der Waals surface area (Å²) in [6.45, 7) is 2.15. The standard InChI is InChI=1S/C17H19ClFN3O2/c1-22(7-4-12-10-20-5-6-21-12)11-14-15(19)3-2-13(16(14)18)17-23-8-9-24-17/h2-3,5-6,10,17H,4,7-9,11H2,1H3. The van der Waals surface area contributed by atoms with Crippen LogP contribution in [-0.4, -0.2) is 41.7 Å². The highest BCUT2D eigenvalue weighted by molar-refractivity contribution is 6.32. The van der Waals surface area contributed by atoms with E-state index in [1.807, 2.05) is 11.9 Å². The summed E-state index contributed by atoms with van der Waals surface area (Å²) in [5, 5.41) is 0.369. The molecule has 0 saturated carbocycles. The number of aromatic nitrogens is 2. The second kappa shape index (κ2) is 7.98. The third kappa shape index (κ3) is 4.08. The van der Waals surface area contributed by atoms with E-state index >= 15 is 0 Å². The normalized spacial score (nSPS) is 15.3. The van der Waals surface area contributed by atoms with Crippen LogP contribution in [0.2, 0.25) is 5.02 Å². The zero-order valence-electron chi connectivity index (χ0n) is 13.4. The van der Waals surface area contributed by atoms with Crippen molar-refractivity contribution in [1.29, 1.82) is 0 Å². The molecule has 24 heavy (non-hydrogen) atoms. The van der Waals surface area contributed by atoms with Gasteiger partial charge in [-0.3, -0.25) is 9.97 Å². The molecule has 0 unspecified atom stereocenters. The van der Waals surface area contributed by atoms with Gasteiger partial charge in [-0.15, -0.1) is 0 Å². The quantitative estimate of drug-likeness (QED) is 0.800. The van der Waals surface area contributed by atoms with Gasteiger partial charge in [0.1, 0.15) is 5.82 Å². The van der Waals surface area contributed by atoms with Crippen LogP contribution >= 0.6 is 11.6 Å². The largest absolute Gasteiger partial charge is 0.346 e. The van der Waals surface area contributed by atoms with Crippen LogP contribution in [0, 0.1) is 5.82 Å². The molecular formula is C17H19ClFN3O2. The van der Waals surface area contributed by atoms with Crippen LogP contribution in [0.25, 0.3) is 0 Å². The van der Waals surface area contributed by atoms with Gasteiger partial charge < -0.3 is 14.4 Å². The van der Waals surface area contributed by atoms with Gasteiger partial charge in [0.25, 0.3) is 0 Å². The molecule has 1 aliphatic heterocycles. The van der Waals surface area contributed by atoms with Crippen molar-refractivity contribution < 1.29 is 13.9 Å². The minimum Gasteiger partial charge on any atom is -0.346 e. The maximum atomic E-state index is 14.2. The molecule has 2 aromatic rings. The fraction of sp³-hybridized carbons (Fsp3) is 0.412. The lowest BCUT2D eigenvalue weighted by atomic mass is 10.1. The molecule has 2 heterocycles. The van der Waals surface area contributed by atoms with Crippen LogP contribution < -0.4 is 0 Å². The minimum atomic E-state index is -0.512. The van der Waals surface area contributed by atoms with E-state index in [-0.39, 0.29) is 5.82 Å². The number of benzene rings is 1. The van der Waals surface area contributed by atoms with Gasteiger partial charge in [-0.25, -0.2) is 4.39 Å². The number of rotatable bonds is 6. The molecule has 1 fully saturated rings. The molecule has 1 saturated heterocycles. The lowest BCUT2D eigenvalue weighted by molar-refractivity contribution is -0.0441. The molecule has 5 nitrogen and oxygen atoms in total. The van der Waals surface area contributed by atoms with Gasteiger partial charge in [-0.1, -0.05) is 11.6 Å². The SMILES string of the molecule is CN(CCc1cnccn1)Cc1c(F)ccc(C2OCCO2)c1Cl. The Labute approximate surface area is 145 Å². The van der Waals surface area contributed by atoms with Gasteiger partial charge in [-0.2, -0.15) is 0 Å². The van der Waals surface area contributed by atoms with E-state index < -0.39 is 6.29 Å². The first-order chi connectivity index (χ1) is 11.6. The molecular weight excluding hydrogens is 333 g/mol. The average molecular weight is 352 g/mol. The first kappa shape index (κ1) is 17.2. The Morgan fingerprint density at radius 2 is 2.08 bits per heavy atom. The van der Waals surface area contributed by atoms with Gasteiger partial charge >= 0.3 is 0 Å². The lowest BCUT2D eigenvalue weighted by Crippen LogP contribution is -2.22. The molecule has 0 aliphatic carbocycles. The summed E-state index contributed by atoms with van der Waals surface area (Å²) in [5.41, 5.74) is 2.03. The first-order valence-corrected chi connectivity index (χ1v) is 8.16. The van der Waals surface area contributed by atoms with E-state index in [1.54, 1.807) is 24.7 Å². The predicted octanol–water partition coefficient (Wildman–Crippen LogP) is 2.99. The first-order valence-electron chi connectivity index (χ1n) is 7.78. The summed E-state index contributed by atoms with van der Waals surface area (Å²) in [7, 11) is 1.92. The molecule has 0 amide bonds. The maximum absolute atomic E-state index is 14.2. The second-order valence-corrected chi connectivity index (χ2v) is 6.07. The molecule has 7 heteroatoms. The van der Waals surface area contributed by atoms with Gasteiger partial charge in [-0.05, 0) is 19.2 Å². The lowest BCUT2D eigenvalue weighted by Gasteiger charge is -2.20. The Kier molecular flexibility index (Phi) is 5.73. The number of ether oxygens (including phenoxy) is 2. The summed E-state index contributed by atoms with van der Waals surface area (Å²) in [4.78, 5) is 10.3. The third-order valence-corrected chi connectivity index (χ3v) is 4.33. The van der Waals surface area contributed by atoms with E-state index in [9.17, 15) is 4.39 Å². The van der Waals surface area contributed by atoms with E-state index in [2.05, 4.69) is 9.97 Å². The highest BCUT2D eigenvalue weighted by Gasteiger charge is 2.24. The fourth-order valence-electron chi connectivity index (χ4n) is 2.59. The van der Waals surface area contributed by atoms with Crippen molar-refractivity contribution in [3.8, 4) is 0 Å². The summed E-state index contributed by atoms with van der Waals surface area (Å²) in [6.07, 6.45) is 5.26. The van der Waals surface area contributed by atoms with Crippen molar-refractivity contribution in [2.75, 3.05) is 26.8 Å². The van der Waals surface area contributed by atoms with Crippen LogP contribution in [0.1, 0.15) is 23.1 Å². The molecule has 128 valence electrons. The number of likely N-dealkylation sites (N-methyl/N-ethyl adjacent to an activating group) is 1. The fourth-order valence-corrected chi connectivity index (χ4v) is 2.90. The van der Waals surface area contributed by atoms with Gasteiger partial charge in [0, 0.05) is 49.2 Å². The molecule has 3 rings (SSSR count). The molecule has 1 aliphatic rings. The van der Waals surface area contributed by atoms with Crippen LogP contribution in [0.3, 0.4) is 0 Å².